The Labute approximate surface area is 125 Å². The van der Waals surface area contributed by atoms with Crippen molar-refractivity contribution in [3.63, 3.8) is 0 Å². The summed E-state index contributed by atoms with van der Waals surface area (Å²) in [5.41, 5.74) is 2.95. The summed E-state index contributed by atoms with van der Waals surface area (Å²) in [6.07, 6.45) is 6.87. The van der Waals surface area contributed by atoms with Gasteiger partial charge in [-0.25, -0.2) is 4.39 Å². The fraction of sp³-hybridized carbons (Fsp3) is 0.412. The van der Waals surface area contributed by atoms with Crippen LogP contribution in [0.25, 0.3) is 0 Å². The molecular formula is C17H22FN3. The Hall–Kier alpha value is -1.81. The molecule has 1 atom stereocenters. The molecule has 1 heterocycles. The minimum atomic E-state index is -0.197. The van der Waals surface area contributed by atoms with Crippen LogP contribution >= 0.6 is 0 Å². The maximum absolute atomic E-state index is 13.1. The molecule has 3 nitrogen and oxygen atoms in total. The van der Waals surface area contributed by atoms with Crippen LogP contribution in [0.15, 0.2) is 36.7 Å². The second-order valence-corrected chi connectivity index (χ2v) is 5.28. The van der Waals surface area contributed by atoms with E-state index in [1.54, 1.807) is 12.4 Å². The molecule has 112 valence electrons. The van der Waals surface area contributed by atoms with Crippen LogP contribution in [0.1, 0.15) is 49.2 Å². The number of aromatic nitrogens is 2. The third kappa shape index (κ3) is 4.90. The Morgan fingerprint density at radius 3 is 2.52 bits per heavy atom. The van der Waals surface area contributed by atoms with E-state index >= 15 is 0 Å². The van der Waals surface area contributed by atoms with Gasteiger partial charge in [-0.15, -0.1) is 0 Å². The normalized spacial score (nSPS) is 12.3. The number of unbranched alkanes of at least 4 members (excludes halogenated alkanes) is 1. The number of hydrogen-bond donors (Lipinski definition) is 1. The summed E-state index contributed by atoms with van der Waals surface area (Å²) in [5, 5.41) is 3.50. The average molecular weight is 287 g/mol. The van der Waals surface area contributed by atoms with E-state index in [4.69, 9.17) is 0 Å². The summed E-state index contributed by atoms with van der Waals surface area (Å²) >= 11 is 0. The molecule has 0 fully saturated rings. The molecule has 21 heavy (non-hydrogen) atoms. The number of nitrogens with zero attached hydrogens (tertiary/aromatic N) is 2. The number of rotatable bonds is 7. The van der Waals surface area contributed by atoms with Crippen molar-refractivity contribution in [2.75, 3.05) is 0 Å². The number of benzene rings is 1. The molecule has 0 amide bonds. The predicted octanol–water partition coefficient (Wildman–Crippen LogP) is 3.95. The minimum absolute atomic E-state index is 0.197. The standard InChI is InChI=1S/C17H22FN3/c1-3-4-5-17(14-6-8-15(18)9-7-14)21-12-16-11-19-13(2)10-20-16/h6-11,17,21H,3-5,12H2,1-2H3. The molecular weight excluding hydrogens is 265 g/mol. The SMILES string of the molecule is CCCCC(NCc1cnc(C)cn1)c1ccc(F)cc1. The van der Waals surface area contributed by atoms with Gasteiger partial charge in [-0.1, -0.05) is 31.9 Å². The van der Waals surface area contributed by atoms with Crippen LogP contribution in [0.5, 0.6) is 0 Å². The molecule has 0 aliphatic rings. The van der Waals surface area contributed by atoms with E-state index in [1.807, 2.05) is 19.1 Å². The van der Waals surface area contributed by atoms with Gasteiger partial charge in [0.1, 0.15) is 5.82 Å². The van der Waals surface area contributed by atoms with Gasteiger partial charge in [-0.3, -0.25) is 9.97 Å². The lowest BCUT2D eigenvalue weighted by molar-refractivity contribution is 0.476. The Kier molecular flexibility index (Phi) is 5.81. The Bertz CT molecular complexity index is 537. The predicted molar refractivity (Wildman–Crippen MR) is 82.3 cm³/mol. The molecule has 0 bridgehead atoms. The second kappa shape index (κ2) is 7.84. The van der Waals surface area contributed by atoms with Crippen LogP contribution in [-0.4, -0.2) is 9.97 Å². The quantitative estimate of drug-likeness (QED) is 0.838. The third-order valence-electron chi connectivity index (χ3n) is 3.48. The highest BCUT2D eigenvalue weighted by Crippen LogP contribution is 2.20. The van der Waals surface area contributed by atoms with Crippen molar-refractivity contribution in [1.82, 2.24) is 15.3 Å². The monoisotopic (exact) mass is 287 g/mol. The molecule has 0 radical (unpaired) electrons. The van der Waals surface area contributed by atoms with Crippen molar-refractivity contribution in [1.29, 1.82) is 0 Å². The topological polar surface area (TPSA) is 37.8 Å². The van der Waals surface area contributed by atoms with E-state index in [9.17, 15) is 4.39 Å². The fourth-order valence-corrected chi connectivity index (χ4v) is 2.23. The third-order valence-corrected chi connectivity index (χ3v) is 3.48. The van der Waals surface area contributed by atoms with Gasteiger partial charge in [0.15, 0.2) is 0 Å². The van der Waals surface area contributed by atoms with Gasteiger partial charge in [0, 0.05) is 25.0 Å². The van der Waals surface area contributed by atoms with Crippen molar-refractivity contribution >= 4 is 0 Å². The molecule has 2 aromatic rings. The number of aryl methyl sites for hydroxylation is 1. The van der Waals surface area contributed by atoms with Crippen molar-refractivity contribution in [3.8, 4) is 0 Å². The molecule has 0 aliphatic carbocycles. The summed E-state index contributed by atoms with van der Waals surface area (Å²) in [4.78, 5) is 8.60. The Morgan fingerprint density at radius 1 is 1.14 bits per heavy atom. The zero-order valence-electron chi connectivity index (χ0n) is 12.6. The van der Waals surface area contributed by atoms with Crippen LogP contribution in [0.3, 0.4) is 0 Å². The summed E-state index contributed by atoms with van der Waals surface area (Å²) in [5.74, 6) is -0.197. The molecule has 4 heteroatoms. The van der Waals surface area contributed by atoms with E-state index in [0.29, 0.717) is 6.54 Å². The second-order valence-electron chi connectivity index (χ2n) is 5.28. The van der Waals surface area contributed by atoms with E-state index < -0.39 is 0 Å². The van der Waals surface area contributed by atoms with Gasteiger partial charge >= 0.3 is 0 Å². The molecule has 0 saturated heterocycles. The van der Waals surface area contributed by atoms with Crippen LogP contribution in [0.2, 0.25) is 0 Å². The highest BCUT2D eigenvalue weighted by Gasteiger charge is 2.11. The van der Waals surface area contributed by atoms with Crippen molar-refractivity contribution < 1.29 is 4.39 Å². The minimum Gasteiger partial charge on any atom is -0.304 e. The van der Waals surface area contributed by atoms with Crippen LogP contribution in [0, 0.1) is 12.7 Å². The van der Waals surface area contributed by atoms with E-state index in [-0.39, 0.29) is 11.9 Å². The first-order valence-electron chi connectivity index (χ1n) is 7.45. The number of nitrogens with one attached hydrogen (secondary N) is 1. The Morgan fingerprint density at radius 2 is 1.90 bits per heavy atom. The number of halogens is 1. The summed E-state index contributed by atoms with van der Waals surface area (Å²) < 4.78 is 13.1. The van der Waals surface area contributed by atoms with Crippen LogP contribution < -0.4 is 5.32 Å². The molecule has 0 aliphatic heterocycles. The average Bonchev–Trinajstić information content (AvgIpc) is 2.50. The maximum atomic E-state index is 13.1. The lowest BCUT2D eigenvalue weighted by Gasteiger charge is -2.19. The molecule has 0 saturated carbocycles. The first-order valence-corrected chi connectivity index (χ1v) is 7.45. The maximum Gasteiger partial charge on any atom is 0.123 e. The van der Waals surface area contributed by atoms with Crippen molar-refractivity contribution in [2.24, 2.45) is 0 Å². The van der Waals surface area contributed by atoms with Crippen molar-refractivity contribution in [2.45, 2.75) is 45.7 Å². The largest absolute Gasteiger partial charge is 0.304 e. The van der Waals surface area contributed by atoms with Crippen LogP contribution in [-0.2, 0) is 6.54 Å². The fourth-order valence-electron chi connectivity index (χ4n) is 2.23. The summed E-state index contributed by atoms with van der Waals surface area (Å²) in [7, 11) is 0. The highest BCUT2D eigenvalue weighted by atomic mass is 19.1. The van der Waals surface area contributed by atoms with Crippen LogP contribution in [0.4, 0.5) is 4.39 Å². The van der Waals surface area contributed by atoms with Gasteiger partial charge in [0.25, 0.3) is 0 Å². The first-order chi connectivity index (χ1) is 10.2. The van der Waals surface area contributed by atoms with Gasteiger partial charge in [-0.2, -0.15) is 0 Å². The zero-order chi connectivity index (χ0) is 15.1. The van der Waals surface area contributed by atoms with Gasteiger partial charge in [0.05, 0.1) is 11.4 Å². The highest BCUT2D eigenvalue weighted by molar-refractivity contribution is 5.20. The lowest BCUT2D eigenvalue weighted by Crippen LogP contribution is -2.21. The first kappa shape index (κ1) is 15.6. The number of hydrogen-bond acceptors (Lipinski definition) is 3. The van der Waals surface area contributed by atoms with Gasteiger partial charge < -0.3 is 5.32 Å². The van der Waals surface area contributed by atoms with E-state index in [1.165, 1.54) is 12.1 Å². The van der Waals surface area contributed by atoms with E-state index in [2.05, 4.69) is 22.2 Å². The Balaban J connectivity index is 2.02. The smallest absolute Gasteiger partial charge is 0.123 e. The molecule has 2 rings (SSSR count). The molecule has 1 N–H and O–H groups in total. The zero-order valence-corrected chi connectivity index (χ0v) is 12.6. The lowest BCUT2D eigenvalue weighted by atomic mass is 10.0. The van der Waals surface area contributed by atoms with Crippen molar-refractivity contribution in [3.05, 3.63) is 59.4 Å². The van der Waals surface area contributed by atoms with Gasteiger partial charge in [-0.05, 0) is 31.0 Å². The molecule has 1 unspecified atom stereocenters. The molecule has 1 aromatic heterocycles. The molecule has 0 spiro atoms. The summed E-state index contributed by atoms with van der Waals surface area (Å²) in [6, 6.07) is 6.95. The molecule has 1 aromatic carbocycles. The summed E-state index contributed by atoms with van der Waals surface area (Å²) in [6.45, 7) is 4.76. The van der Waals surface area contributed by atoms with E-state index in [0.717, 1.165) is 36.2 Å². The van der Waals surface area contributed by atoms with Gasteiger partial charge in [0.2, 0.25) is 0 Å².